The number of aromatic nitrogens is 2. The number of thioether (sulfide) groups is 1. The highest BCUT2D eigenvalue weighted by atomic mass is 32.2. The summed E-state index contributed by atoms with van der Waals surface area (Å²) in [6.45, 7) is 7.04. The number of rotatable bonds is 6. The molecule has 0 radical (unpaired) electrons. The van der Waals surface area contributed by atoms with E-state index in [4.69, 9.17) is 0 Å². The summed E-state index contributed by atoms with van der Waals surface area (Å²) in [5.74, 6) is 0.657. The van der Waals surface area contributed by atoms with E-state index in [0.29, 0.717) is 10.7 Å². The molecule has 0 spiro atoms. The van der Waals surface area contributed by atoms with E-state index in [1.54, 1.807) is 6.92 Å². The van der Waals surface area contributed by atoms with Crippen molar-refractivity contribution in [3.63, 3.8) is 0 Å². The summed E-state index contributed by atoms with van der Waals surface area (Å²) < 4.78 is 0. The van der Waals surface area contributed by atoms with Gasteiger partial charge in [0.2, 0.25) is 0 Å². The van der Waals surface area contributed by atoms with Crippen LogP contribution in [0, 0.1) is 6.92 Å². The van der Waals surface area contributed by atoms with Crippen molar-refractivity contribution in [2.45, 2.75) is 38.1 Å². The van der Waals surface area contributed by atoms with Crippen molar-refractivity contribution in [2.24, 2.45) is 0 Å². The summed E-state index contributed by atoms with van der Waals surface area (Å²) in [6.07, 6.45) is 3.27. The quantitative estimate of drug-likeness (QED) is 0.641. The number of nitrogens with zero attached hydrogens (tertiary/aromatic N) is 3. The second-order valence-corrected chi connectivity index (χ2v) is 6.04. The van der Waals surface area contributed by atoms with Gasteiger partial charge in [-0.1, -0.05) is 6.92 Å². The van der Waals surface area contributed by atoms with Gasteiger partial charge in [-0.2, -0.15) is 0 Å². The Bertz CT molecular complexity index is 488. The van der Waals surface area contributed by atoms with E-state index in [1.165, 1.54) is 24.6 Å². The second-order valence-electron chi connectivity index (χ2n) is 4.96. The van der Waals surface area contributed by atoms with E-state index < -0.39 is 5.97 Å². The zero-order valence-electron chi connectivity index (χ0n) is 12.1. The van der Waals surface area contributed by atoms with Crippen molar-refractivity contribution >= 4 is 17.7 Å². The van der Waals surface area contributed by atoms with Gasteiger partial charge in [-0.3, -0.25) is 0 Å². The summed E-state index contributed by atoms with van der Waals surface area (Å²) in [7, 11) is 0. The fourth-order valence-electron chi connectivity index (χ4n) is 2.39. The lowest BCUT2D eigenvalue weighted by molar-refractivity contribution is 0.0690. The van der Waals surface area contributed by atoms with Gasteiger partial charge in [0.05, 0.1) is 5.69 Å². The lowest BCUT2D eigenvalue weighted by Gasteiger charge is -2.14. The van der Waals surface area contributed by atoms with Crippen molar-refractivity contribution in [1.82, 2.24) is 14.9 Å². The third-order valence-corrected chi connectivity index (χ3v) is 4.43. The molecule has 1 aromatic rings. The zero-order chi connectivity index (χ0) is 14.5. The normalized spacial score (nSPS) is 15.7. The number of carboxylic acids is 1. The first-order valence-electron chi connectivity index (χ1n) is 7.07. The number of likely N-dealkylation sites (tertiary alicyclic amines) is 1. The average molecular weight is 295 g/mol. The highest BCUT2D eigenvalue weighted by Crippen LogP contribution is 2.23. The molecular weight excluding hydrogens is 274 g/mol. The zero-order valence-corrected chi connectivity index (χ0v) is 12.9. The van der Waals surface area contributed by atoms with Crippen LogP contribution in [0.1, 0.15) is 41.6 Å². The Morgan fingerprint density at radius 3 is 2.65 bits per heavy atom. The number of aryl methyl sites for hydroxylation is 2. The number of aromatic carboxylic acids is 1. The van der Waals surface area contributed by atoms with Crippen LogP contribution in [0.5, 0.6) is 0 Å². The Kier molecular flexibility index (Phi) is 5.37. The van der Waals surface area contributed by atoms with Crippen LogP contribution < -0.4 is 0 Å². The van der Waals surface area contributed by atoms with Gasteiger partial charge in [0.15, 0.2) is 0 Å². The largest absolute Gasteiger partial charge is 0.478 e. The Labute approximate surface area is 123 Å². The van der Waals surface area contributed by atoms with Gasteiger partial charge in [-0.05, 0) is 32.9 Å². The first kappa shape index (κ1) is 15.3. The van der Waals surface area contributed by atoms with Gasteiger partial charge in [0.25, 0.3) is 0 Å². The van der Waals surface area contributed by atoms with E-state index in [1.807, 2.05) is 6.92 Å². The fourth-order valence-corrected chi connectivity index (χ4v) is 3.48. The van der Waals surface area contributed by atoms with Crippen LogP contribution in [0.3, 0.4) is 0 Å². The minimum absolute atomic E-state index is 0.258. The minimum atomic E-state index is -0.936. The molecule has 110 valence electrons. The van der Waals surface area contributed by atoms with Gasteiger partial charge in [0.1, 0.15) is 16.4 Å². The molecule has 0 aliphatic carbocycles. The van der Waals surface area contributed by atoms with Gasteiger partial charge < -0.3 is 10.0 Å². The molecule has 0 saturated carbocycles. The number of carboxylic acid groups (broad SMARTS) is 1. The van der Waals surface area contributed by atoms with Crippen LogP contribution >= 0.6 is 11.8 Å². The third kappa shape index (κ3) is 3.70. The molecule has 0 aromatic carbocycles. The highest BCUT2D eigenvalue weighted by molar-refractivity contribution is 7.99. The van der Waals surface area contributed by atoms with E-state index in [0.717, 1.165) is 37.6 Å². The van der Waals surface area contributed by atoms with Crippen LogP contribution in [-0.2, 0) is 6.42 Å². The van der Waals surface area contributed by atoms with Crippen LogP contribution in [-0.4, -0.2) is 51.3 Å². The molecule has 2 rings (SSSR count). The molecule has 6 heteroatoms. The fraction of sp³-hybridized carbons (Fsp3) is 0.643. The Morgan fingerprint density at radius 2 is 2.05 bits per heavy atom. The first-order valence-corrected chi connectivity index (χ1v) is 8.06. The molecule has 2 heterocycles. The number of hydrogen-bond acceptors (Lipinski definition) is 5. The Morgan fingerprint density at radius 1 is 1.35 bits per heavy atom. The maximum Gasteiger partial charge on any atom is 0.340 e. The maximum absolute atomic E-state index is 11.4. The lowest BCUT2D eigenvalue weighted by atomic mass is 10.2. The summed E-state index contributed by atoms with van der Waals surface area (Å²) >= 11 is 1.53. The predicted molar refractivity (Wildman–Crippen MR) is 79.5 cm³/mol. The monoisotopic (exact) mass is 295 g/mol. The second kappa shape index (κ2) is 7.04. The molecule has 1 fully saturated rings. The van der Waals surface area contributed by atoms with Crippen LogP contribution in [0.25, 0.3) is 0 Å². The van der Waals surface area contributed by atoms with Crippen LogP contribution in [0.4, 0.5) is 0 Å². The van der Waals surface area contributed by atoms with E-state index in [-0.39, 0.29) is 5.56 Å². The highest BCUT2D eigenvalue weighted by Gasteiger charge is 2.18. The summed E-state index contributed by atoms with van der Waals surface area (Å²) in [6, 6.07) is 0. The van der Waals surface area contributed by atoms with Crippen LogP contribution in [0.2, 0.25) is 0 Å². The van der Waals surface area contributed by atoms with Crippen molar-refractivity contribution in [2.75, 3.05) is 25.4 Å². The summed E-state index contributed by atoms with van der Waals surface area (Å²) in [5.41, 5.74) is 0.821. The predicted octanol–water partition coefficient (Wildman–Crippen LogP) is 2.23. The molecule has 1 aromatic heterocycles. The third-order valence-electron chi connectivity index (χ3n) is 3.48. The molecular formula is C14H21N3O2S. The SMILES string of the molecule is CCc1nc(C)c(C(=O)O)c(SCCN2CCCC2)n1. The lowest BCUT2D eigenvalue weighted by Crippen LogP contribution is -2.22. The Balaban J connectivity index is 2.07. The molecule has 20 heavy (non-hydrogen) atoms. The van der Waals surface area contributed by atoms with Gasteiger partial charge in [0, 0.05) is 18.7 Å². The molecule has 1 N–H and O–H groups in total. The van der Waals surface area contributed by atoms with Crippen molar-refractivity contribution in [1.29, 1.82) is 0 Å². The minimum Gasteiger partial charge on any atom is -0.478 e. The van der Waals surface area contributed by atoms with Crippen molar-refractivity contribution in [3.8, 4) is 0 Å². The average Bonchev–Trinajstić information content (AvgIpc) is 2.90. The smallest absolute Gasteiger partial charge is 0.340 e. The number of carbonyl (C=O) groups is 1. The van der Waals surface area contributed by atoms with E-state index in [2.05, 4.69) is 14.9 Å². The summed E-state index contributed by atoms with van der Waals surface area (Å²) in [4.78, 5) is 22.4. The van der Waals surface area contributed by atoms with E-state index in [9.17, 15) is 9.90 Å². The molecule has 0 bridgehead atoms. The maximum atomic E-state index is 11.4. The molecule has 1 saturated heterocycles. The molecule has 5 nitrogen and oxygen atoms in total. The topological polar surface area (TPSA) is 66.3 Å². The molecule has 0 unspecified atom stereocenters. The van der Waals surface area contributed by atoms with Crippen molar-refractivity contribution < 1.29 is 9.90 Å². The van der Waals surface area contributed by atoms with Crippen LogP contribution in [0.15, 0.2) is 5.03 Å². The first-order chi connectivity index (χ1) is 9.61. The van der Waals surface area contributed by atoms with E-state index >= 15 is 0 Å². The number of hydrogen-bond donors (Lipinski definition) is 1. The van der Waals surface area contributed by atoms with Gasteiger partial charge in [-0.15, -0.1) is 11.8 Å². The molecule has 0 amide bonds. The van der Waals surface area contributed by atoms with Crippen molar-refractivity contribution in [3.05, 3.63) is 17.1 Å². The molecule has 0 atom stereocenters. The Hall–Kier alpha value is -1.14. The molecule has 1 aliphatic heterocycles. The van der Waals surface area contributed by atoms with Gasteiger partial charge >= 0.3 is 5.97 Å². The molecule has 1 aliphatic rings. The summed E-state index contributed by atoms with van der Waals surface area (Å²) in [5, 5.41) is 9.93. The van der Waals surface area contributed by atoms with Gasteiger partial charge in [-0.25, -0.2) is 14.8 Å². The standard InChI is InChI=1S/C14H21N3O2S/c1-3-11-15-10(2)12(14(18)19)13(16-11)20-9-8-17-6-4-5-7-17/h3-9H2,1-2H3,(H,18,19).